The van der Waals surface area contributed by atoms with Gasteiger partial charge in [-0.1, -0.05) is 46.3 Å². The van der Waals surface area contributed by atoms with Gasteiger partial charge in [0.1, 0.15) is 11.3 Å². The third kappa shape index (κ3) is 3.79. The summed E-state index contributed by atoms with van der Waals surface area (Å²) < 4.78 is 7.18. The minimum Gasteiger partial charge on any atom is -0.460 e. The van der Waals surface area contributed by atoms with Gasteiger partial charge in [0.15, 0.2) is 0 Å². The lowest BCUT2D eigenvalue weighted by Crippen LogP contribution is -2.27. The van der Waals surface area contributed by atoms with Crippen LogP contribution >= 0.6 is 15.9 Å². The van der Waals surface area contributed by atoms with Crippen LogP contribution in [0.4, 0.5) is 0 Å². The van der Waals surface area contributed by atoms with Gasteiger partial charge in [0.2, 0.25) is 5.91 Å². The summed E-state index contributed by atoms with van der Waals surface area (Å²) in [5.41, 5.74) is 3.32. The summed E-state index contributed by atoms with van der Waals surface area (Å²) >= 11 is 3.55. The highest BCUT2D eigenvalue weighted by molar-refractivity contribution is 9.10. The van der Waals surface area contributed by atoms with Crippen molar-refractivity contribution in [2.24, 2.45) is 5.92 Å². The quantitative estimate of drug-likeness (QED) is 0.645. The van der Waals surface area contributed by atoms with Crippen LogP contribution in [0.15, 0.2) is 57.4 Å². The Hall–Kier alpha value is -2.07. The summed E-state index contributed by atoms with van der Waals surface area (Å²) in [6.45, 7) is 0.651. The molecule has 0 radical (unpaired) electrons. The molecule has 0 aliphatic heterocycles. The Morgan fingerprint density at radius 2 is 1.96 bits per heavy atom. The Kier molecular flexibility index (Phi) is 4.62. The fourth-order valence-corrected chi connectivity index (χ4v) is 3.53. The Labute approximate surface area is 155 Å². The van der Waals surface area contributed by atoms with Crippen molar-refractivity contribution < 1.29 is 9.21 Å². The van der Waals surface area contributed by atoms with Crippen LogP contribution in [-0.4, -0.2) is 12.5 Å². The predicted octanol–water partition coefficient (Wildman–Crippen LogP) is 4.85. The Morgan fingerprint density at radius 1 is 1.16 bits per heavy atom. The van der Waals surface area contributed by atoms with Crippen LogP contribution in [0.25, 0.3) is 11.0 Å². The summed E-state index contributed by atoms with van der Waals surface area (Å²) in [7, 11) is 0. The highest BCUT2D eigenvalue weighted by atomic mass is 79.9. The van der Waals surface area contributed by atoms with Gasteiger partial charge < -0.3 is 9.73 Å². The molecule has 0 spiro atoms. The van der Waals surface area contributed by atoms with Gasteiger partial charge in [-0.05, 0) is 43.0 Å². The van der Waals surface area contributed by atoms with E-state index in [1.807, 2.05) is 30.3 Å². The maximum atomic E-state index is 11.9. The predicted molar refractivity (Wildman–Crippen MR) is 103 cm³/mol. The van der Waals surface area contributed by atoms with Crippen molar-refractivity contribution in [1.29, 1.82) is 0 Å². The highest BCUT2D eigenvalue weighted by Crippen LogP contribution is 2.31. The molecule has 0 bridgehead atoms. The standard InChI is InChI=1S/C21H20BrNO2/c22-16-8-9-19-18(13-16)17(10-11-23-21(24)15-6-7-15)20(25-19)12-14-4-2-1-3-5-14/h1-5,8-9,13,15H,6-7,10-12H2,(H,23,24). The monoisotopic (exact) mass is 397 g/mol. The number of rotatable bonds is 6. The molecule has 1 aliphatic carbocycles. The van der Waals surface area contributed by atoms with E-state index in [9.17, 15) is 4.79 Å². The highest BCUT2D eigenvalue weighted by Gasteiger charge is 2.29. The van der Waals surface area contributed by atoms with Gasteiger partial charge in [-0.2, -0.15) is 0 Å². The zero-order valence-electron chi connectivity index (χ0n) is 13.9. The van der Waals surface area contributed by atoms with Gasteiger partial charge in [-0.3, -0.25) is 4.79 Å². The topological polar surface area (TPSA) is 42.2 Å². The second kappa shape index (κ2) is 7.04. The molecule has 4 heteroatoms. The van der Waals surface area contributed by atoms with E-state index in [1.54, 1.807) is 0 Å². The van der Waals surface area contributed by atoms with Crippen LogP contribution in [-0.2, 0) is 17.6 Å². The van der Waals surface area contributed by atoms with E-state index >= 15 is 0 Å². The van der Waals surface area contributed by atoms with Crippen LogP contribution < -0.4 is 5.32 Å². The van der Waals surface area contributed by atoms with Crippen molar-refractivity contribution in [2.45, 2.75) is 25.7 Å². The first-order valence-electron chi connectivity index (χ1n) is 8.72. The van der Waals surface area contributed by atoms with E-state index in [1.165, 1.54) is 11.1 Å². The lowest BCUT2D eigenvalue weighted by Gasteiger charge is -2.06. The molecule has 1 N–H and O–H groups in total. The number of hydrogen-bond donors (Lipinski definition) is 1. The fraction of sp³-hybridized carbons (Fsp3) is 0.286. The number of halogens is 1. The Bertz CT molecular complexity index is 897. The summed E-state index contributed by atoms with van der Waals surface area (Å²) in [5, 5.41) is 4.19. The molecule has 1 amide bonds. The number of hydrogen-bond acceptors (Lipinski definition) is 2. The van der Waals surface area contributed by atoms with Crippen LogP contribution in [0.5, 0.6) is 0 Å². The number of carbonyl (C=O) groups excluding carboxylic acids is 1. The summed E-state index contributed by atoms with van der Waals surface area (Å²) in [6.07, 6.45) is 3.61. The van der Waals surface area contributed by atoms with Crippen LogP contribution in [0, 0.1) is 5.92 Å². The van der Waals surface area contributed by atoms with Crippen LogP contribution in [0.1, 0.15) is 29.7 Å². The normalized spacial score (nSPS) is 14.0. The average molecular weight is 398 g/mol. The molecule has 1 aliphatic rings. The lowest BCUT2D eigenvalue weighted by molar-refractivity contribution is -0.122. The molecule has 1 heterocycles. The summed E-state index contributed by atoms with van der Waals surface area (Å²) in [5.74, 6) is 1.43. The Balaban J connectivity index is 1.60. The Morgan fingerprint density at radius 3 is 2.72 bits per heavy atom. The molecule has 1 saturated carbocycles. The second-order valence-corrected chi connectivity index (χ2v) is 7.54. The first-order chi connectivity index (χ1) is 12.2. The van der Waals surface area contributed by atoms with Gasteiger partial charge in [0.25, 0.3) is 0 Å². The maximum Gasteiger partial charge on any atom is 0.223 e. The molecule has 0 atom stereocenters. The number of nitrogens with one attached hydrogen (secondary N) is 1. The first kappa shape index (κ1) is 16.4. The molecule has 3 aromatic rings. The minimum atomic E-state index is 0.193. The van der Waals surface area contributed by atoms with Crippen LogP contribution in [0.2, 0.25) is 0 Å². The van der Waals surface area contributed by atoms with Gasteiger partial charge >= 0.3 is 0 Å². The SMILES string of the molecule is O=C(NCCc1c(Cc2ccccc2)oc2ccc(Br)cc12)C1CC1. The third-order valence-electron chi connectivity index (χ3n) is 4.67. The second-order valence-electron chi connectivity index (χ2n) is 6.62. The zero-order valence-corrected chi connectivity index (χ0v) is 15.5. The number of benzene rings is 2. The molecule has 4 rings (SSSR count). The smallest absolute Gasteiger partial charge is 0.223 e. The van der Waals surface area contributed by atoms with E-state index in [-0.39, 0.29) is 11.8 Å². The van der Waals surface area contributed by atoms with E-state index < -0.39 is 0 Å². The first-order valence-corrected chi connectivity index (χ1v) is 9.51. The molecule has 0 saturated heterocycles. The van der Waals surface area contributed by atoms with Gasteiger partial charge in [0, 0.05) is 34.3 Å². The van der Waals surface area contributed by atoms with E-state index in [0.717, 1.165) is 46.9 Å². The van der Waals surface area contributed by atoms with Gasteiger partial charge in [-0.15, -0.1) is 0 Å². The van der Waals surface area contributed by atoms with E-state index in [4.69, 9.17) is 4.42 Å². The van der Waals surface area contributed by atoms with E-state index in [0.29, 0.717) is 6.54 Å². The fourth-order valence-electron chi connectivity index (χ4n) is 3.17. The van der Waals surface area contributed by atoms with Crippen molar-refractivity contribution in [3.05, 3.63) is 69.9 Å². The maximum absolute atomic E-state index is 11.9. The summed E-state index contributed by atoms with van der Waals surface area (Å²) in [6, 6.07) is 16.4. The average Bonchev–Trinajstić information content (AvgIpc) is 3.41. The summed E-state index contributed by atoms with van der Waals surface area (Å²) in [4.78, 5) is 11.9. The number of fused-ring (bicyclic) bond motifs is 1. The number of amides is 1. The molecule has 128 valence electrons. The third-order valence-corrected chi connectivity index (χ3v) is 5.16. The molecular weight excluding hydrogens is 378 g/mol. The van der Waals surface area contributed by atoms with Crippen molar-refractivity contribution in [3.63, 3.8) is 0 Å². The van der Waals surface area contributed by atoms with E-state index in [2.05, 4.69) is 39.4 Å². The van der Waals surface area contributed by atoms with Crippen molar-refractivity contribution in [3.8, 4) is 0 Å². The zero-order chi connectivity index (χ0) is 17.2. The number of furan rings is 1. The van der Waals surface area contributed by atoms with Gasteiger partial charge in [0.05, 0.1) is 0 Å². The number of carbonyl (C=O) groups is 1. The van der Waals surface area contributed by atoms with Crippen molar-refractivity contribution in [1.82, 2.24) is 5.32 Å². The molecule has 0 unspecified atom stereocenters. The van der Waals surface area contributed by atoms with Crippen molar-refractivity contribution >= 4 is 32.8 Å². The molecular formula is C21H20BrNO2. The molecule has 25 heavy (non-hydrogen) atoms. The molecule has 2 aromatic carbocycles. The molecule has 1 aromatic heterocycles. The largest absolute Gasteiger partial charge is 0.460 e. The molecule has 3 nitrogen and oxygen atoms in total. The van der Waals surface area contributed by atoms with Gasteiger partial charge in [-0.25, -0.2) is 0 Å². The minimum absolute atomic E-state index is 0.193. The van der Waals surface area contributed by atoms with Crippen LogP contribution in [0.3, 0.4) is 0 Å². The molecule has 1 fully saturated rings. The lowest BCUT2D eigenvalue weighted by atomic mass is 10.0. The van der Waals surface area contributed by atoms with Crippen molar-refractivity contribution in [2.75, 3.05) is 6.54 Å².